The molecular weight excluding hydrogens is 362 g/mol. The van der Waals surface area contributed by atoms with Crippen molar-refractivity contribution in [3.63, 3.8) is 0 Å². The van der Waals surface area contributed by atoms with Crippen molar-refractivity contribution < 1.29 is 32.2 Å². The predicted molar refractivity (Wildman–Crippen MR) is 93.9 cm³/mol. The molecule has 1 aliphatic rings. The molecule has 0 spiro atoms. The van der Waals surface area contributed by atoms with Crippen LogP contribution in [0.25, 0.3) is 0 Å². The lowest BCUT2D eigenvalue weighted by Crippen LogP contribution is -2.38. The molecule has 1 aromatic rings. The molecule has 1 atom stereocenters. The molecular formula is C17H23NO7S. The van der Waals surface area contributed by atoms with Gasteiger partial charge in [-0.05, 0) is 37.1 Å². The number of esters is 1. The number of ether oxygens (including phenoxy) is 3. The van der Waals surface area contributed by atoms with Crippen molar-refractivity contribution in [2.45, 2.75) is 25.3 Å². The van der Waals surface area contributed by atoms with Gasteiger partial charge in [-0.1, -0.05) is 0 Å². The lowest BCUT2D eigenvalue weighted by atomic mass is 10.2. The number of amides is 1. The number of carbonyl (C=O) groups excluding carboxylic acids is 2. The van der Waals surface area contributed by atoms with Gasteiger partial charge in [-0.3, -0.25) is 9.59 Å². The molecule has 2 rings (SSSR count). The fourth-order valence-corrected chi connectivity index (χ4v) is 4.15. The zero-order chi connectivity index (χ0) is 19.0. The van der Waals surface area contributed by atoms with Crippen molar-refractivity contribution in [2.24, 2.45) is 0 Å². The Morgan fingerprint density at radius 3 is 2.50 bits per heavy atom. The highest BCUT2D eigenvalue weighted by Gasteiger charge is 2.28. The van der Waals surface area contributed by atoms with Crippen molar-refractivity contribution in [3.05, 3.63) is 24.3 Å². The van der Waals surface area contributed by atoms with Gasteiger partial charge in [0.1, 0.15) is 11.5 Å². The minimum atomic E-state index is -3.06. The number of rotatable bonds is 9. The van der Waals surface area contributed by atoms with Crippen molar-refractivity contribution in [2.75, 3.05) is 31.8 Å². The van der Waals surface area contributed by atoms with Crippen LogP contribution in [0.2, 0.25) is 0 Å². The second kappa shape index (κ2) is 9.42. The molecule has 1 aromatic carbocycles. The Kier molecular flexibility index (Phi) is 7.26. The highest BCUT2D eigenvalue weighted by molar-refractivity contribution is 7.91. The van der Waals surface area contributed by atoms with E-state index in [2.05, 4.69) is 5.32 Å². The average Bonchev–Trinajstić information content (AvgIpc) is 2.96. The van der Waals surface area contributed by atoms with E-state index in [4.69, 9.17) is 14.2 Å². The van der Waals surface area contributed by atoms with Gasteiger partial charge >= 0.3 is 5.97 Å². The monoisotopic (exact) mass is 385 g/mol. The maximum absolute atomic E-state index is 11.7. The molecule has 0 saturated carbocycles. The van der Waals surface area contributed by atoms with E-state index in [1.807, 2.05) is 0 Å². The molecule has 26 heavy (non-hydrogen) atoms. The van der Waals surface area contributed by atoms with E-state index in [1.54, 1.807) is 31.4 Å². The summed E-state index contributed by atoms with van der Waals surface area (Å²) in [6, 6.07) is 6.69. The molecule has 1 aliphatic heterocycles. The Morgan fingerprint density at radius 2 is 1.88 bits per heavy atom. The van der Waals surface area contributed by atoms with E-state index < -0.39 is 34.4 Å². The highest BCUT2D eigenvalue weighted by Crippen LogP contribution is 2.17. The molecule has 1 fully saturated rings. The second-order valence-corrected chi connectivity index (χ2v) is 8.18. The highest BCUT2D eigenvalue weighted by atomic mass is 32.2. The standard InChI is InChI=1S/C17H23NO7S/c1-23-14-4-6-15(7-5-14)24-9-2-3-17(20)25-11-16(19)18-13-8-10-26(21,22)12-13/h4-7,13H,2-3,8-12H2,1H3,(H,18,19). The Hall–Kier alpha value is -2.29. The quantitative estimate of drug-likeness (QED) is 0.492. The number of benzene rings is 1. The van der Waals surface area contributed by atoms with E-state index >= 15 is 0 Å². The van der Waals surface area contributed by atoms with Gasteiger partial charge in [-0.2, -0.15) is 0 Å². The van der Waals surface area contributed by atoms with Gasteiger partial charge in [0.15, 0.2) is 16.4 Å². The number of methoxy groups -OCH3 is 1. The molecule has 9 heteroatoms. The summed E-state index contributed by atoms with van der Waals surface area (Å²) in [6.07, 6.45) is 0.972. The molecule has 144 valence electrons. The van der Waals surface area contributed by atoms with Crippen LogP contribution in [-0.4, -0.2) is 58.2 Å². The fourth-order valence-electron chi connectivity index (χ4n) is 2.47. The summed E-state index contributed by atoms with van der Waals surface area (Å²) in [5.74, 6) is 0.424. The van der Waals surface area contributed by atoms with E-state index in [0.717, 1.165) is 5.75 Å². The van der Waals surface area contributed by atoms with Gasteiger partial charge in [-0.25, -0.2) is 8.42 Å². The van der Waals surface area contributed by atoms with Crippen LogP contribution in [-0.2, 0) is 24.2 Å². The van der Waals surface area contributed by atoms with Crippen molar-refractivity contribution in [3.8, 4) is 11.5 Å². The molecule has 0 radical (unpaired) electrons. The van der Waals surface area contributed by atoms with Crippen molar-refractivity contribution in [1.29, 1.82) is 0 Å². The number of carbonyl (C=O) groups is 2. The Morgan fingerprint density at radius 1 is 1.19 bits per heavy atom. The van der Waals surface area contributed by atoms with Crippen LogP contribution in [0.3, 0.4) is 0 Å². The van der Waals surface area contributed by atoms with Crippen LogP contribution in [0, 0.1) is 0 Å². The van der Waals surface area contributed by atoms with Crippen LogP contribution in [0.4, 0.5) is 0 Å². The first-order valence-corrected chi connectivity index (χ1v) is 10.1. The summed E-state index contributed by atoms with van der Waals surface area (Å²) in [4.78, 5) is 23.3. The van der Waals surface area contributed by atoms with Gasteiger partial charge in [0, 0.05) is 12.5 Å². The molecule has 1 saturated heterocycles. The number of hydrogen-bond acceptors (Lipinski definition) is 7. The van der Waals surface area contributed by atoms with Gasteiger partial charge in [0.05, 0.1) is 25.2 Å². The van der Waals surface area contributed by atoms with Crippen molar-refractivity contribution in [1.82, 2.24) is 5.32 Å². The molecule has 0 bridgehead atoms. The van der Waals surface area contributed by atoms with E-state index in [-0.39, 0.29) is 17.9 Å². The average molecular weight is 385 g/mol. The summed E-state index contributed by atoms with van der Waals surface area (Å²) in [7, 11) is -1.48. The predicted octanol–water partition coefficient (Wildman–Crippen LogP) is 0.701. The third kappa shape index (κ3) is 6.91. The van der Waals surface area contributed by atoms with Gasteiger partial charge in [0.25, 0.3) is 5.91 Å². The molecule has 1 unspecified atom stereocenters. The number of sulfone groups is 1. The lowest BCUT2D eigenvalue weighted by molar-refractivity contribution is -0.148. The number of hydrogen-bond donors (Lipinski definition) is 1. The van der Waals surface area contributed by atoms with E-state index in [1.165, 1.54) is 0 Å². The summed E-state index contributed by atoms with van der Waals surface area (Å²) in [5, 5.41) is 2.56. The molecule has 1 N–H and O–H groups in total. The SMILES string of the molecule is COc1ccc(OCCCC(=O)OCC(=O)NC2CCS(=O)(=O)C2)cc1. The summed E-state index contributed by atoms with van der Waals surface area (Å²) in [6.45, 7) is -0.0672. The lowest BCUT2D eigenvalue weighted by Gasteiger charge is -2.11. The first kappa shape index (κ1) is 20.0. The maximum atomic E-state index is 11.7. The first-order chi connectivity index (χ1) is 12.4. The molecule has 8 nitrogen and oxygen atoms in total. The zero-order valence-electron chi connectivity index (χ0n) is 14.6. The third-order valence-electron chi connectivity index (χ3n) is 3.82. The van der Waals surface area contributed by atoms with Crippen LogP contribution < -0.4 is 14.8 Å². The van der Waals surface area contributed by atoms with Gasteiger partial charge in [0.2, 0.25) is 0 Å². The maximum Gasteiger partial charge on any atom is 0.306 e. The Balaban J connectivity index is 1.56. The molecule has 1 amide bonds. The van der Waals surface area contributed by atoms with Crippen LogP contribution >= 0.6 is 0 Å². The fraction of sp³-hybridized carbons (Fsp3) is 0.529. The topological polar surface area (TPSA) is 108 Å². The van der Waals surface area contributed by atoms with E-state index in [0.29, 0.717) is 25.2 Å². The van der Waals surface area contributed by atoms with Crippen LogP contribution in [0.15, 0.2) is 24.3 Å². The molecule has 0 aliphatic carbocycles. The van der Waals surface area contributed by atoms with Gasteiger partial charge in [-0.15, -0.1) is 0 Å². The Labute approximate surface area is 152 Å². The molecule has 1 heterocycles. The second-order valence-electron chi connectivity index (χ2n) is 5.96. The molecule has 0 aromatic heterocycles. The summed E-state index contributed by atoms with van der Waals surface area (Å²) < 4.78 is 38.0. The smallest absolute Gasteiger partial charge is 0.306 e. The third-order valence-corrected chi connectivity index (χ3v) is 5.58. The summed E-state index contributed by atoms with van der Waals surface area (Å²) in [5.41, 5.74) is 0. The van der Waals surface area contributed by atoms with Crippen molar-refractivity contribution >= 4 is 21.7 Å². The summed E-state index contributed by atoms with van der Waals surface area (Å²) >= 11 is 0. The van der Waals surface area contributed by atoms with Crippen LogP contribution in [0.5, 0.6) is 11.5 Å². The normalized spacial score (nSPS) is 18.1. The van der Waals surface area contributed by atoms with E-state index in [9.17, 15) is 18.0 Å². The minimum absolute atomic E-state index is 0.0601. The van der Waals surface area contributed by atoms with Crippen LogP contribution in [0.1, 0.15) is 19.3 Å². The van der Waals surface area contributed by atoms with Gasteiger partial charge < -0.3 is 19.5 Å². The number of nitrogens with one attached hydrogen (secondary N) is 1. The first-order valence-electron chi connectivity index (χ1n) is 8.30. The Bertz CT molecular complexity index is 715. The zero-order valence-corrected chi connectivity index (χ0v) is 15.4. The minimum Gasteiger partial charge on any atom is -0.497 e. The largest absolute Gasteiger partial charge is 0.497 e.